The van der Waals surface area contributed by atoms with Crippen LogP contribution < -0.4 is 0 Å². The summed E-state index contributed by atoms with van der Waals surface area (Å²) in [5.74, 6) is -0.700. The van der Waals surface area contributed by atoms with Crippen LogP contribution in [0, 0.1) is 11.3 Å². The SMILES string of the molecule is CCCCCCCCC(=O)C(C#N)c1ccccn1. The van der Waals surface area contributed by atoms with Crippen molar-refractivity contribution < 1.29 is 4.79 Å². The minimum atomic E-state index is -0.697. The molecule has 3 nitrogen and oxygen atoms in total. The van der Waals surface area contributed by atoms with E-state index in [0.29, 0.717) is 12.1 Å². The molecule has 0 saturated heterocycles. The summed E-state index contributed by atoms with van der Waals surface area (Å²) >= 11 is 0. The maximum absolute atomic E-state index is 12.0. The third-order valence-corrected chi connectivity index (χ3v) is 3.21. The quantitative estimate of drug-likeness (QED) is 0.629. The third-order valence-electron chi connectivity index (χ3n) is 3.21. The maximum atomic E-state index is 12.0. The molecule has 1 aromatic heterocycles. The number of hydrogen-bond acceptors (Lipinski definition) is 3. The first kappa shape index (κ1) is 15.4. The van der Waals surface area contributed by atoms with Crippen molar-refractivity contribution in [3.8, 4) is 6.07 Å². The first-order valence-electron chi connectivity index (χ1n) is 7.12. The van der Waals surface area contributed by atoms with Crippen molar-refractivity contribution >= 4 is 5.78 Å². The molecule has 0 amide bonds. The van der Waals surface area contributed by atoms with Crippen molar-refractivity contribution in [3.63, 3.8) is 0 Å². The Morgan fingerprint density at radius 1 is 1.26 bits per heavy atom. The fourth-order valence-corrected chi connectivity index (χ4v) is 2.07. The normalized spacial score (nSPS) is 11.8. The predicted molar refractivity (Wildman–Crippen MR) is 75.6 cm³/mol. The van der Waals surface area contributed by atoms with Gasteiger partial charge in [-0.05, 0) is 18.6 Å². The monoisotopic (exact) mass is 258 g/mol. The van der Waals surface area contributed by atoms with Crippen molar-refractivity contribution in [1.82, 2.24) is 4.98 Å². The molecule has 1 aromatic rings. The standard InChI is InChI=1S/C16H22N2O/c1-2-3-4-5-6-7-11-16(19)14(13-17)15-10-8-9-12-18-15/h8-10,12,14H,2-7,11H2,1H3. The van der Waals surface area contributed by atoms with E-state index in [4.69, 9.17) is 5.26 Å². The van der Waals surface area contributed by atoms with E-state index in [9.17, 15) is 4.79 Å². The molecule has 0 aliphatic carbocycles. The number of nitrogens with zero attached hydrogens (tertiary/aromatic N) is 2. The van der Waals surface area contributed by atoms with Crippen LogP contribution in [-0.4, -0.2) is 10.8 Å². The number of ketones is 1. The Balaban J connectivity index is 2.34. The first-order chi connectivity index (χ1) is 9.29. The van der Waals surface area contributed by atoms with Gasteiger partial charge >= 0.3 is 0 Å². The zero-order valence-electron chi connectivity index (χ0n) is 11.6. The zero-order valence-corrected chi connectivity index (χ0v) is 11.6. The molecule has 0 spiro atoms. The summed E-state index contributed by atoms with van der Waals surface area (Å²) in [7, 11) is 0. The highest BCUT2D eigenvalue weighted by Gasteiger charge is 2.20. The van der Waals surface area contributed by atoms with E-state index < -0.39 is 5.92 Å². The van der Waals surface area contributed by atoms with Crippen LogP contribution in [0.1, 0.15) is 63.5 Å². The topological polar surface area (TPSA) is 53.8 Å². The van der Waals surface area contributed by atoms with Crippen molar-refractivity contribution in [2.24, 2.45) is 0 Å². The van der Waals surface area contributed by atoms with E-state index >= 15 is 0 Å². The van der Waals surface area contributed by atoms with E-state index in [1.54, 1.807) is 18.3 Å². The minimum Gasteiger partial charge on any atom is -0.298 e. The Morgan fingerprint density at radius 2 is 2.00 bits per heavy atom. The van der Waals surface area contributed by atoms with Gasteiger partial charge in [0.2, 0.25) is 0 Å². The van der Waals surface area contributed by atoms with Gasteiger partial charge in [0, 0.05) is 12.6 Å². The molecule has 102 valence electrons. The van der Waals surface area contributed by atoms with Gasteiger partial charge in [-0.1, -0.05) is 45.1 Å². The molecule has 1 heterocycles. The summed E-state index contributed by atoms with van der Waals surface area (Å²) in [6, 6.07) is 7.41. The van der Waals surface area contributed by atoms with Gasteiger partial charge in [-0.2, -0.15) is 5.26 Å². The van der Waals surface area contributed by atoms with Gasteiger partial charge in [-0.25, -0.2) is 0 Å². The fraction of sp³-hybridized carbons (Fsp3) is 0.562. The molecule has 1 rings (SSSR count). The molecule has 3 heteroatoms. The molecule has 0 bridgehead atoms. The molecule has 0 N–H and O–H groups in total. The molecule has 0 fully saturated rings. The number of pyridine rings is 1. The molecular formula is C16H22N2O. The van der Waals surface area contributed by atoms with Crippen LogP contribution in [0.3, 0.4) is 0 Å². The van der Waals surface area contributed by atoms with E-state index in [1.165, 1.54) is 25.7 Å². The number of carbonyl (C=O) groups is 1. The van der Waals surface area contributed by atoms with Crippen LogP contribution in [0.25, 0.3) is 0 Å². The fourth-order valence-electron chi connectivity index (χ4n) is 2.07. The maximum Gasteiger partial charge on any atom is 0.156 e. The lowest BCUT2D eigenvalue weighted by Gasteiger charge is -2.07. The van der Waals surface area contributed by atoms with Crippen molar-refractivity contribution in [2.45, 2.75) is 57.8 Å². The van der Waals surface area contributed by atoms with Gasteiger partial charge in [0.05, 0.1) is 11.8 Å². The summed E-state index contributed by atoms with van der Waals surface area (Å²) in [5.41, 5.74) is 0.570. The smallest absolute Gasteiger partial charge is 0.156 e. The largest absolute Gasteiger partial charge is 0.298 e. The van der Waals surface area contributed by atoms with Crippen LogP contribution in [0.5, 0.6) is 0 Å². The number of hydrogen-bond donors (Lipinski definition) is 0. The second kappa shape index (κ2) is 9.27. The number of rotatable bonds is 9. The molecule has 1 atom stereocenters. The minimum absolute atomic E-state index is 0.00306. The molecule has 0 aromatic carbocycles. The molecule has 0 radical (unpaired) electrons. The number of nitriles is 1. The van der Waals surface area contributed by atoms with Gasteiger partial charge in [0.1, 0.15) is 5.92 Å². The first-order valence-corrected chi connectivity index (χ1v) is 7.12. The summed E-state index contributed by atoms with van der Waals surface area (Å²) in [5, 5.41) is 9.11. The van der Waals surface area contributed by atoms with Gasteiger partial charge in [-0.3, -0.25) is 9.78 Å². The third kappa shape index (κ3) is 5.65. The van der Waals surface area contributed by atoms with E-state index in [-0.39, 0.29) is 5.78 Å². The van der Waals surface area contributed by atoms with Crippen LogP contribution in [-0.2, 0) is 4.79 Å². The van der Waals surface area contributed by atoms with Crippen molar-refractivity contribution in [3.05, 3.63) is 30.1 Å². The Kier molecular flexibility index (Phi) is 7.50. The molecule has 0 saturated carbocycles. The Labute approximate surface area is 115 Å². The molecule has 0 aliphatic heterocycles. The van der Waals surface area contributed by atoms with Gasteiger partial charge in [0.25, 0.3) is 0 Å². The van der Waals surface area contributed by atoms with E-state index in [2.05, 4.69) is 18.0 Å². The molecule has 0 aliphatic rings. The second-order valence-electron chi connectivity index (χ2n) is 4.80. The summed E-state index contributed by atoms with van der Waals surface area (Å²) in [4.78, 5) is 16.1. The highest BCUT2D eigenvalue weighted by molar-refractivity contribution is 5.87. The Hall–Kier alpha value is -1.69. The van der Waals surface area contributed by atoms with E-state index in [1.807, 2.05) is 6.07 Å². The number of Topliss-reactive ketones (excluding diaryl/α,β-unsaturated/α-hetero) is 1. The summed E-state index contributed by atoms with van der Waals surface area (Å²) in [6.07, 6.45) is 8.99. The predicted octanol–water partition coefficient (Wildman–Crippen LogP) is 4.01. The second-order valence-corrected chi connectivity index (χ2v) is 4.80. The molecule has 19 heavy (non-hydrogen) atoms. The van der Waals surface area contributed by atoms with Gasteiger partial charge in [-0.15, -0.1) is 0 Å². The number of carbonyl (C=O) groups excluding carboxylic acids is 1. The Bertz CT molecular complexity index is 409. The summed E-state index contributed by atoms with van der Waals surface area (Å²) < 4.78 is 0. The lowest BCUT2D eigenvalue weighted by atomic mass is 9.96. The average molecular weight is 258 g/mol. The van der Waals surface area contributed by atoms with Gasteiger partial charge in [0.15, 0.2) is 5.78 Å². The lowest BCUT2D eigenvalue weighted by Crippen LogP contribution is -2.11. The molecular weight excluding hydrogens is 236 g/mol. The highest BCUT2D eigenvalue weighted by Crippen LogP contribution is 2.17. The number of aromatic nitrogens is 1. The van der Waals surface area contributed by atoms with Crippen LogP contribution >= 0.6 is 0 Å². The van der Waals surface area contributed by atoms with Crippen molar-refractivity contribution in [2.75, 3.05) is 0 Å². The van der Waals surface area contributed by atoms with Crippen LogP contribution in [0.4, 0.5) is 0 Å². The van der Waals surface area contributed by atoms with Crippen LogP contribution in [0.15, 0.2) is 24.4 Å². The summed E-state index contributed by atoms with van der Waals surface area (Å²) in [6.45, 7) is 2.19. The molecule has 1 unspecified atom stereocenters. The van der Waals surface area contributed by atoms with Crippen LogP contribution in [0.2, 0.25) is 0 Å². The zero-order chi connectivity index (χ0) is 13.9. The number of unbranched alkanes of at least 4 members (excludes halogenated alkanes) is 5. The average Bonchev–Trinajstić information content (AvgIpc) is 2.45. The lowest BCUT2D eigenvalue weighted by molar-refractivity contribution is -0.119. The van der Waals surface area contributed by atoms with Crippen molar-refractivity contribution in [1.29, 1.82) is 5.26 Å². The van der Waals surface area contributed by atoms with Gasteiger partial charge < -0.3 is 0 Å². The Morgan fingerprint density at radius 3 is 2.63 bits per heavy atom. The van der Waals surface area contributed by atoms with E-state index in [0.717, 1.165) is 12.8 Å². The highest BCUT2D eigenvalue weighted by atomic mass is 16.1.